The molecule has 0 aliphatic carbocycles. The largest absolute Gasteiger partial charge is 0.497 e. The Kier molecular flexibility index (Phi) is 5.94. The number of nitrogens with one attached hydrogen (secondary N) is 2. The molecular weight excluding hydrogens is 390 g/mol. The molecule has 1 aromatic heterocycles. The molecule has 2 aromatic carbocycles. The van der Waals surface area contributed by atoms with Gasteiger partial charge in [0, 0.05) is 16.9 Å². The summed E-state index contributed by atoms with van der Waals surface area (Å²) in [6.07, 6.45) is 0. The molecular formula is C21H19N3O4S. The van der Waals surface area contributed by atoms with Gasteiger partial charge in [0.15, 0.2) is 0 Å². The van der Waals surface area contributed by atoms with Crippen LogP contribution in [0, 0.1) is 6.92 Å². The van der Waals surface area contributed by atoms with Crippen LogP contribution in [0.25, 0.3) is 0 Å². The van der Waals surface area contributed by atoms with Crippen molar-refractivity contribution in [3.8, 4) is 5.75 Å². The van der Waals surface area contributed by atoms with Crippen molar-refractivity contribution in [1.82, 2.24) is 0 Å². The van der Waals surface area contributed by atoms with Crippen LogP contribution in [-0.4, -0.2) is 24.8 Å². The molecule has 0 saturated heterocycles. The lowest BCUT2D eigenvalue weighted by molar-refractivity contribution is 0.0997. The van der Waals surface area contributed by atoms with E-state index in [0.29, 0.717) is 32.4 Å². The van der Waals surface area contributed by atoms with Crippen LogP contribution in [0.1, 0.15) is 35.3 Å². The minimum atomic E-state index is -0.538. The summed E-state index contributed by atoms with van der Waals surface area (Å²) in [5.74, 6) is -0.474. The Balaban J connectivity index is 1.67. The Hall–Kier alpha value is -3.65. The smallest absolute Gasteiger partial charge is 0.265 e. The fraction of sp³-hybridized carbons (Fsp3) is 0.0952. The molecule has 0 fully saturated rings. The quantitative estimate of drug-likeness (QED) is 0.577. The summed E-state index contributed by atoms with van der Waals surface area (Å²) in [5, 5.41) is 5.56. The summed E-state index contributed by atoms with van der Waals surface area (Å²) < 4.78 is 5.16. The third kappa shape index (κ3) is 4.80. The molecule has 29 heavy (non-hydrogen) atoms. The number of carbonyl (C=O) groups is 3. The average Bonchev–Trinajstić information content (AvgIpc) is 3.20. The van der Waals surface area contributed by atoms with Gasteiger partial charge in [-0.05, 0) is 67.1 Å². The lowest BCUT2D eigenvalue weighted by Crippen LogP contribution is -2.13. The van der Waals surface area contributed by atoms with Crippen molar-refractivity contribution >= 4 is 40.4 Å². The van der Waals surface area contributed by atoms with Crippen molar-refractivity contribution in [1.29, 1.82) is 0 Å². The Morgan fingerprint density at radius 3 is 2.07 bits per heavy atom. The van der Waals surface area contributed by atoms with Gasteiger partial charge in [-0.15, -0.1) is 11.3 Å². The first-order valence-corrected chi connectivity index (χ1v) is 9.46. The molecule has 1 heterocycles. The predicted molar refractivity (Wildman–Crippen MR) is 113 cm³/mol. The lowest BCUT2D eigenvalue weighted by atomic mass is 10.2. The number of anilines is 2. The van der Waals surface area contributed by atoms with Crippen LogP contribution in [0.5, 0.6) is 5.75 Å². The highest BCUT2D eigenvalue weighted by Gasteiger charge is 2.15. The van der Waals surface area contributed by atoms with E-state index in [-0.39, 0.29) is 11.8 Å². The van der Waals surface area contributed by atoms with Crippen molar-refractivity contribution in [2.45, 2.75) is 6.92 Å². The van der Waals surface area contributed by atoms with Gasteiger partial charge in [-0.2, -0.15) is 0 Å². The van der Waals surface area contributed by atoms with E-state index in [9.17, 15) is 14.4 Å². The molecule has 0 saturated carbocycles. The summed E-state index contributed by atoms with van der Waals surface area (Å²) in [5.41, 5.74) is 7.61. The minimum Gasteiger partial charge on any atom is -0.497 e. The van der Waals surface area contributed by atoms with Crippen LogP contribution >= 0.6 is 11.3 Å². The average molecular weight is 409 g/mol. The van der Waals surface area contributed by atoms with Crippen molar-refractivity contribution in [2.75, 3.05) is 17.7 Å². The number of primary amides is 1. The fourth-order valence-corrected chi connectivity index (χ4v) is 3.38. The van der Waals surface area contributed by atoms with Crippen LogP contribution in [0.3, 0.4) is 0 Å². The first-order chi connectivity index (χ1) is 13.9. The molecule has 0 unspecified atom stereocenters. The Bertz CT molecular complexity index is 1070. The van der Waals surface area contributed by atoms with Gasteiger partial charge in [-0.1, -0.05) is 0 Å². The van der Waals surface area contributed by atoms with Crippen molar-refractivity contribution in [2.24, 2.45) is 5.73 Å². The Labute approximate surface area is 171 Å². The van der Waals surface area contributed by atoms with Crippen LogP contribution < -0.4 is 21.1 Å². The normalized spacial score (nSPS) is 10.3. The first kappa shape index (κ1) is 20.1. The summed E-state index contributed by atoms with van der Waals surface area (Å²) >= 11 is 1.09. The summed E-state index contributed by atoms with van der Waals surface area (Å²) in [6.45, 7) is 1.87. The predicted octanol–water partition coefficient (Wildman–Crippen LogP) is 3.67. The third-order valence-electron chi connectivity index (χ3n) is 4.16. The zero-order chi connectivity index (χ0) is 21.0. The maximum atomic E-state index is 12.5. The van der Waals surface area contributed by atoms with E-state index in [1.165, 1.54) is 12.1 Å². The van der Waals surface area contributed by atoms with Gasteiger partial charge in [0.25, 0.3) is 11.8 Å². The minimum absolute atomic E-state index is 0.298. The number of ether oxygens (including phenoxy) is 1. The molecule has 0 spiro atoms. The van der Waals surface area contributed by atoms with Gasteiger partial charge in [0.1, 0.15) is 5.75 Å². The van der Waals surface area contributed by atoms with Crippen LogP contribution in [-0.2, 0) is 0 Å². The van der Waals surface area contributed by atoms with Gasteiger partial charge < -0.3 is 21.1 Å². The summed E-state index contributed by atoms with van der Waals surface area (Å²) in [7, 11) is 1.58. The number of thiophene rings is 1. The van der Waals surface area contributed by atoms with Crippen LogP contribution in [0.2, 0.25) is 0 Å². The number of carbonyl (C=O) groups excluding carboxylic acids is 3. The number of rotatable bonds is 6. The molecule has 148 valence electrons. The van der Waals surface area contributed by atoms with E-state index in [1.807, 2.05) is 13.0 Å². The summed E-state index contributed by atoms with van der Waals surface area (Å²) in [4.78, 5) is 36.8. The summed E-state index contributed by atoms with van der Waals surface area (Å²) in [6, 6.07) is 14.8. The first-order valence-electron chi connectivity index (χ1n) is 8.64. The van der Waals surface area contributed by atoms with E-state index in [1.54, 1.807) is 43.5 Å². The SMILES string of the molecule is COc1ccc(NC(=O)c2ccc(C(=O)Nc3ccc(C(N)=O)cc3)s2)c(C)c1. The fourth-order valence-electron chi connectivity index (χ4n) is 2.58. The van der Waals surface area contributed by atoms with Crippen molar-refractivity contribution in [3.05, 3.63) is 75.5 Å². The van der Waals surface area contributed by atoms with Crippen LogP contribution in [0.15, 0.2) is 54.6 Å². The van der Waals surface area contributed by atoms with E-state index >= 15 is 0 Å². The number of hydrogen-bond donors (Lipinski definition) is 3. The third-order valence-corrected chi connectivity index (χ3v) is 5.25. The molecule has 0 aliphatic rings. The van der Waals surface area contributed by atoms with Gasteiger partial charge >= 0.3 is 0 Å². The number of amides is 3. The molecule has 0 atom stereocenters. The lowest BCUT2D eigenvalue weighted by Gasteiger charge is -2.09. The maximum absolute atomic E-state index is 12.5. The number of aryl methyl sites for hydroxylation is 1. The standard InChI is InChI=1S/C21H19N3O4S/c1-12-11-15(28-2)7-8-16(12)24-21(27)18-10-9-17(29-18)20(26)23-14-5-3-13(4-6-14)19(22)25/h3-11H,1-2H3,(H2,22,25)(H,23,26)(H,24,27). The molecule has 4 N–H and O–H groups in total. The molecule has 3 aromatic rings. The van der Waals surface area contributed by atoms with Gasteiger partial charge in [-0.3, -0.25) is 14.4 Å². The molecule has 7 nitrogen and oxygen atoms in total. The van der Waals surface area contributed by atoms with Crippen molar-refractivity contribution < 1.29 is 19.1 Å². The Morgan fingerprint density at radius 1 is 0.897 bits per heavy atom. The van der Waals surface area contributed by atoms with Gasteiger partial charge in [-0.25, -0.2) is 0 Å². The molecule has 3 rings (SSSR count). The second-order valence-electron chi connectivity index (χ2n) is 6.19. The highest BCUT2D eigenvalue weighted by molar-refractivity contribution is 7.16. The zero-order valence-electron chi connectivity index (χ0n) is 15.8. The molecule has 8 heteroatoms. The maximum Gasteiger partial charge on any atom is 0.265 e. The molecule has 0 radical (unpaired) electrons. The highest BCUT2D eigenvalue weighted by atomic mass is 32.1. The van der Waals surface area contributed by atoms with Crippen molar-refractivity contribution in [3.63, 3.8) is 0 Å². The molecule has 3 amide bonds. The molecule has 0 aliphatic heterocycles. The topological polar surface area (TPSA) is 111 Å². The van der Waals surface area contributed by atoms with E-state index in [4.69, 9.17) is 10.5 Å². The monoisotopic (exact) mass is 409 g/mol. The van der Waals surface area contributed by atoms with Gasteiger partial charge in [0.05, 0.1) is 16.9 Å². The van der Waals surface area contributed by atoms with E-state index in [2.05, 4.69) is 10.6 Å². The van der Waals surface area contributed by atoms with E-state index in [0.717, 1.165) is 16.9 Å². The van der Waals surface area contributed by atoms with Crippen LogP contribution in [0.4, 0.5) is 11.4 Å². The number of nitrogens with two attached hydrogens (primary N) is 1. The number of methoxy groups -OCH3 is 1. The number of hydrogen-bond acceptors (Lipinski definition) is 5. The number of benzene rings is 2. The molecule has 0 bridgehead atoms. The van der Waals surface area contributed by atoms with E-state index < -0.39 is 5.91 Å². The Morgan fingerprint density at radius 2 is 1.52 bits per heavy atom. The van der Waals surface area contributed by atoms with Gasteiger partial charge in [0.2, 0.25) is 5.91 Å². The highest BCUT2D eigenvalue weighted by Crippen LogP contribution is 2.24. The second kappa shape index (κ2) is 8.57. The zero-order valence-corrected chi connectivity index (χ0v) is 16.6. The second-order valence-corrected chi connectivity index (χ2v) is 7.28.